The standard InChI is InChI=1S/C28H25ClF2N2O2S.C16H10ClF2NOS/c1-35-23-10-7-18(17-11-13-32-14-12-17)15-19(23)16-33(20-5-3-2-4-6-20)28(34)27-25(29)24-21(30)8-9-22(31)26(24)36-27;17-13-12-10(18)6-7-11(19)14(12)22-15(13)16(21)20-8-9-4-2-1-3-5-9/h7-15,20H,2-6,16H2,1H3;1-7H,8H2,(H,20,21). The second kappa shape index (κ2) is 18.3. The Kier molecular flexibility index (Phi) is 13.0. The smallest absolute Gasteiger partial charge is 0.266 e. The summed E-state index contributed by atoms with van der Waals surface area (Å²) >= 11 is 14.3. The molecule has 0 spiro atoms. The molecule has 1 fully saturated rings. The van der Waals surface area contributed by atoms with Crippen LogP contribution in [0.15, 0.2) is 97.3 Å². The number of amides is 2. The number of nitrogens with one attached hydrogen (secondary N) is 1. The van der Waals surface area contributed by atoms with E-state index in [1.165, 1.54) is 0 Å². The molecule has 8 rings (SSSR count). The molecule has 3 heterocycles. The van der Waals surface area contributed by atoms with Gasteiger partial charge in [-0.05, 0) is 78.1 Å². The van der Waals surface area contributed by atoms with Crippen LogP contribution in [0.25, 0.3) is 31.3 Å². The van der Waals surface area contributed by atoms with E-state index in [-0.39, 0.29) is 51.9 Å². The summed E-state index contributed by atoms with van der Waals surface area (Å²) in [6, 6.07) is 23.2. The van der Waals surface area contributed by atoms with E-state index in [0.29, 0.717) is 18.8 Å². The molecule has 14 heteroatoms. The first-order chi connectivity index (χ1) is 28.0. The number of carbonyl (C=O) groups is 2. The summed E-state index contributed by atoms with van der Waals surface area (Å²) in [6.45, 7) is 0.607. The summed E-state index contributed by atoms with van der Waals surface area (Å²) in [4.78, 5) is 32.3. The number of hydrogen-bond acceptors (Lipinski definition) is 6. The molecule has 0 atom stereocenters. The van der Waals surface area contributed by atoms with E-state index >= 15 is 0 Å². The van der Waals surface area contributed by atoms with Crippen LogP contribution in [0.2, 0.25) is 10.0 Å². The highest BCUT2D eigenvalue weighted by atomic mass is 35.5. The fourth-order valence-electron chi connectivity index (χ4n) is 7.04. The lowest BCUT2D eigenvalue weighted by Gasteiger charge is -2.34. The van der Waals surface area contributed by atoms with Gasteiger partial charge in [0.2, 0.25) is 0 Å². The van der Waals surface area contributed by atoms with Crippen molar-refractivity contribution in [2.75, 3.05) is 7.11 Å². The Balaban J connectivity index is 0.000000199. The van der Waals surface area contributed by atoms with E-state index in [1.54, 1.807) is 24.4 Å². The zero-order valence-corrected chi connectivity index (χ0v) is 34.1. The summed E-state index contributed by atoms with van der Waals surface area (Å²) in [5, 5.41) is 2.53. The summed E-state index contributed by atoms with van der Waals surface area (Å²) in [6.07, 6.45) is 8.36. The number of hydrogen-bond donors (Lipinski definition) is 1. The molecular formula is C44H35Cl2F4N3O3S2. The number of aromatic nitrogens is 1. The van der Waals surface area contributed by atoms with E-state index in [4.69, 9.17) is 27.9 Å². The van der Waals surface area contributed by atoms with Gasteiger partial charge in [-0.1, -0.05) is 78.9 Å². The third-order valence-electron chi connectivity index (χ3n) is 9.97. The molecule has 1 aliphatic carbocycles. The Morgan fingerprint density at radius 1 is 0.759 bits per heavy atom. The molecule has 0 bridgehead atoms. The van der Waals surface area contributed by atoms with Crippen LogP contribution in [0.5, 0.6) is 5.75 Å². The van der Waals surface area contributed by atoms with E-state index in [2.05, 4.69) is 10.3 Å². The number of methoxy groups -OCH3 is 1. The predicted octanol–water partition coefficient (Wildman–Crippen LogP) is 12.6. The van der Waals surface area contributed by atoms with E-state index < -0.39 is 29.2 Å². The van der Waals surface area contributed by atoms with Gasteiger partial charge in [0.1, 0.15) is 38.8 Å². The zero-order chi connectivity index (χ0) is 40.9. The van der Waals surface area contributed by atoms with Crippen molar-refractivity contribution < 1.29 is 31.9 Å². The summed E-state index contributed by atoms with van der Waals surface area (Å²) in [5.74, 6) is -2.56. The second-order valence-corrected chi connectivity index (χ2v) is 16.4. The highest BCUT2D eigenvalue weighted by molar-refractivity contribution is 7.22. The first-order valence-electron chi connectivity index (χ1n) is 18.4. The van der Waals surface area contributed by atoms with Crippen molar-refractivity contribution in [3.05, 3.63) is 152 Å². The Bertz CT molecular complexity index is 2600. The third kappa shape index (κ3) is 8.70. The molecule has 0 radical (unpaired) electrons. The van der Waals surface area contributed by atoms with Gasteiger partial charge in [-0.2, -0.15) is 0 Å². The first-order valence-corrected chi connectivity index (χ1v) is 20.8. The molecule has 1 saturated carbocycles. The van der Waals surface area contributed by atoms with Crippen molar-refractivity contribution in [3.63, 3.8) is 0 Å². The molecule has 58 heavy (non-hydrogen) atoms. The van der Waals surface area contributed by atoms with E-state index in [1.807, 2.05) is 60.7 Å². The minimum Gasteiger partial charge on any atom is -0.496 e. The van der Waals surface area contributed by atoms with Gasteiger partial charge in [0, 0.05) is 37.1 Å². The minimum absolute atomic E-state index is 0.00323. The van der Waals surface area contributed by atoms with Crippen LogP contribution in [-0.4, -0.2) is 34.8 Å². The monoisotopic (exact) mass is 863 g/mol. The lowest BCUT2D eigenvalue weighted by Crippen LogP contribution is -2.40. The number of thiophene rings is 2. The first kappa shape index (κ1) is 41.2. The number of ether oxygens (including phenoxy) is 1. The molecule has 4 aromatic carbocycles. The van der Waals surface area contributed by atoms with Crippen LogP contribution < -0.4 is 10.1 Å². The maximum Gasteiger partial charge on any atom is 0.266 e. The number of nitrogens with zero attached hydrogens (tertiary/aromatic N) is 2. The average Bonchev–Trinajstić information content (AvgIpc) is 3.81. The van der Waals surface area contributed by atoms with Crippen LogP contribution >= 0.6 is 45.9 Å². The SMILES string of the molecule is COc1ccc(-c2ccncc2)cc1CN(C(=O)c1sc2c(F)ccc(F)c2c1Cl)C1CCCCC1.O=C(NCc1ccccc1)c1sc2c(F)ccc(F)c2c1Cl. The number of fused-ring (bicyclic) bond motifs is 2. The Hall–Kier alpha value is -5.01. The van der Waals surface area contributed by atoms with Crippen molar-refractivity contribution in [1.82, 2.24) is 15.2 Å². The molecular weight excluding hydrogens is 830 g/mol. The normalized spacial score (nSPS) is 12.9. The molecule has 1 aliphatic rings. The minimum atomic E-state index is -0.639. The molecule has 1 N–H and O–H groups in total. The number of benzene rings is 4. The van der Waals surface area contributed by atoms with Gasteiger partial charge in [0.05, 0.1) is 37.3 Å². The molecule has 0 saturated heterocycles. The Morgan fingerprint density at radius 2 is 1.34 bits per heavy atom. The molecule has 2 amide bonds. The molecule has 3 aromatic heterocycles. The fraction of sp³-hybridized carbons (Fsp3) is 0.205. The van der Waals surface area contributed by atoms with E-state index in [0.717, 1.165) is 101 Å². The van der Waals surface area contributed by atoms with Gasteiger partial charge >= 0.3 is 0 Å². The van der Waals surface area contributed by atoms with Gasteiger partial charge < -0.3 is 15.0 Å². The van der Waals surface area contributed by atoms with Gasteiger partial charge in [-0.25, -0.2) is 17.6 Å². The summed E-state index contributed by atoms with van der Waals surface area (Å²) in [5.41, 5.74) is 3.75. The highest BCUT2D eigenvalue weighted by Crippen LogP contribution is 2.41. The van der Waals surface area contributed by atoms with Crippen molar-refractivity contribution in [2.45, 2.75) is 51.2 Å². The molecule has 7 aromatic rings. The molecule has 0 unspecified atom stereocenters. The van der Waals surface area contributed by atoms with Crippen molar-refractivity contribution >= 4 is 77.9 Å². The molecule has 298 valence electrons. The maximum atomic E-state index is 14.5. The van der Waals surface area contributed by atoms with Crippen LogP contribution in [0.4, 0.5) is 17.6 Å². The van der Waals surface area contributed by atoms with Crippen molar-refractivity contribution in [1.29, 1.82) is 0 Å². The predicted molar refractivity (Wildman–Crippen MR) is 224 cm³/mol. The highest BCUT2D eigenvalue weighted by Gasteiger charge is 2.31. The van der Waals surface area contributed by atoms with Gasteiger partial charge in [0.15, 0.2) is 0 Å². The zero-order valence-electron chi connectivity index (χ0n) is 31.0. The van der Waals surface area contributed by atoms with Crippen LogP contribution in [0, 0.1) is 23.3 Å². The number of rotatable bonds is 9. The van der Waals surface area contributed by atoms with Crippen molar-refractivity contribution in [3.8, 4) is 16.9 Å². The van der Waals surface area contributed by atoms with E-state index in [9.17, 15) is 27.2 Å². The van der Waals surface area contributed by atoms with Crippen LogP contribution in [0.3, 0.4) is 0 Å². The van der Waals surface area contributed by atoms with Crippen LogP contribution in [-0.2, 0) is 13.1 Å². The van der Waals surface area contributed by atoms with Gasteiger partial charge in [-0.3, -0.25) is 14.6 Å². The quantitative estimate of drug-likeness (QED) is 0.147. The van der Waals surface area contributed by atoms with Gasteiger partial charge in [-0.15, -0.1) is 22.7 Å². The third-order valence-corrected chi connectivity index (χ3v) is 13.3. The average molecular weight is 865 g/mol. The maximum absolute atomic E-state index is 14.5. The summed E-state index contributed by atoms with van der Waals surface area (Å²) in [7, 11) is 1.60. The summed E-state index contributed by atoms with van der Waals surface area (Å²) < 4.78 is 62.2. The Morgan fingerprint density at radius 3 is 1.95 bits per heavy atom. The van der Waals surface area contributed by atoms with Gasteiger partial charge in [0.25, 0.3) is 11.8 Å². The lowest BCUT2D eigenvalue weighted by atomic mass is 9.93. The van der Waals surface area contributed by atoms with Crippen molar-refractivity contribution in [2.24, 2.45) is 0 Å². The molecule has 0 aliphatic heterocycles. The number of carbonyl (C=O) groups excluding carboxylic acids is 2. The largest absolute Gasteiger partial charge is 0.496 e. The second-order valence-electron chi connectivity index (χ2n) is 13.6. The van der Waals surface area contributed by atoms with Crippen LogP contribution in [0.1, 0.15) is 62.6 Å². The number of halogens is 6. The fourth-order valence-corrected chi connectivity index (χ4v) is 10.0. The lowest BCUT2D eigenvalue weighted by molar-refractivity contribution is 0.0617. The Labute approximate surface area is 350 Å². The topological polar surface area (TPSA) is 71.5 Å². The number of pyridine rings is 1. The molecule has 6 nitrogen and oxygen atoms in total.